The van der Waals surface area contributed by atoms with E-state index in [0.29, 0.717) is 17.9 Å². The van der Waals surface area contributed by atoms with Crippen LogP contribution in [-0.2, 0) is 0 Å². The third kappa shape index (κ3) is 3.16. The largest absolute Gasteiger partial charge is 0.357 e. The Morgan fingerprint density at radius 1 is 1.47 bits per heavy atom. The number of anilines is 1. The van der Waals surface area contributed by atoms with Crippen molar-refractivity contribution in [3.05, 3.63) is 5.82 Å². The zero-order valence-corrected chi connectivity index (χ0v) is 11.9. The van der Waals surface area contributed by atoms with E-state index in [1.54, 1.807) is 0 Å². The van der Waals surface area contributed by atoms with Crippen molar-refractivity contribution in [1.29, 1.82) is 0 Å². The van der Waals surface area contributed by atoms with Crippen LogP contribution in [0.4, 0.5) is 5.13 Å². The van der Waals surface area contributed by atoms with Crippen LogP contribution >= 0.6 is 11.5 Å². The maximum atomic E-state index is 4.54. The third-order valence-electron chi connectivity index (χ3n) is 3.38. The molecule has 4 nitrogen and oxygen atoms in total. The molecule has 0 saturated carbocycles. The van der Waals surface area contributed by atoms with Gasteiger partial charge in [-0.05, 0) is 25.9 Å². The van der Waals surface area contributed by atoms with E-state index in [9.17, 15) is 0 Å². The molecule has 96 valence electrons. The summed E-state index contributed by atoms with van der Waals surface area (Å²) in [5, 5.41) is 4.53. The average molecular weight is 254 g/mol. The van der Waals surface area contributed by atoms with Crippen LogP contribution in [0.3, 0.4) is 0 Å². The molecule has 1 aliphatic heterocycles. The molecule has 2 unspecified atom stereocenters. The number of likely N-dealkylation sites (tertiary alicyclic amines) is 1. The number of hydrogen-bond acceptors (Lipinski definition) is 5. The molecule has 2 heterocycles. The minimum atomic E-state index is 0.414. The standard InChI is InChI=1S/C12H22N4S/c1-8(2)11-14-12(17-15-11)13-10-5-6-16(4)7-9(10)3/h8-10H,5-7H2,1-4H3,(H,13,14,15). The second-order valence-corrected chi connectivity index (χ2v) is 6.14. The zero-order valence-electron chi connectivity index (χ0n) is 11.1. The van der Waals surface area contributed by atoms with Gasteiger partial charge >= 0.3 is 0 Å². The Kier molecular flexibility index (Phi) is 3.99. The fourth-order valence-electron chi connectivity index (χ4n) is 2.26. The van der Waals surface area contributed by atoms with Crippen LogP contribution in [0.25, 0.3) is 0 Å². The lowest BCUT2D eigenvalue weighted by molar-refractivity contribution is 0.206. The van der Waals surface area contributed by atoms with E-state index in [0.717, 1.165) is 24.0 Å². The highest BCUT2D eigenvalue weighted by Crippen LogP contribution is 2.23. The fourth-order valence-corrected chi connectivity index (χ4v) is 3.03. The lowest BCUT2D eigenvalue weighted by Crippen LogP contribution is -2.43. The van der Waals surface area contributed by atoms with E-state index in [1.165, 1.54) is 18.0 Å². The molecule has 0 aliphatic carbocycles. The van der Waals surface area contributed by atoms with Crippen LogP contribution in [0, 0.1) is 5.92 Å². The summed E-state index contributed by atoms with van der Waals surface area (Å²) in [7, 11) is 2.19. The molecule has 2 atom stereocenters. The quantitative estimate of drug-likeness (QED) is 0.899. The fraction of sp³-hybridized carbons (Fsp3) is 0.833. The van der Waals surface area contributed by atoms with Crippen LogP contribution in [0.15, 0.2) is 0 Å². The second kappa shape index (κ2) is 5.31. The highest BCUT2D eigenvalue weighted by molar-refractivity contribution is 7.09. The molecule has 17 heavy (non-hydrogen) atoms. The third-order valence-corrected chi connectivity index (χ3v) is 4.04. The first kappa shape index (κ1) is 12.8. The monoisotopic (exact) mass is 254 g/mol. The van der Waals surface area contributed by atoms with Gasteiger partial charge in [-0.15, -0.1) is 0 Å². The van der Waals surface area contributed by atoms with Gasteiger partial charge in [0.25, 0.3) is 0 Å². The molecule has 1 aliphatic rings. The topological polar surface area (TPSA) is 41.1 Å². The summed E-state index contributed by atoms with van der Waals surface area (Å²) in [6.07, 6.45) is 1.19. The van der Waals surface area contributed by atoms with Crippen LogP contribution in [0.2, 0.25) is 0 Å². The summed E-state index contributed by atoms with van der Waals surface area (Å²) < 4.78 is 4.38. The van der Waals surface area contributed by atoms with E-state index < -0.39 is 0 Å². The Bertz CT molecular complexity index is 363. The van der Waals surface area contributed by atoms with E-state index in [1.807, 2.05) is 0 Å². The van der Waals surface area contributed by atoms with Crippen molar-refractivity contribution in [2.24, 2.45) is 5.92 Å². The predicted molar refractivity (Wildman–Crippen MR) is 72.7 cm³/mol. The van der Waals surface area contributed by atoms with Crippen LogP contribution in [0.5, 0.6) is 0 Å². The lowest BCUT2D eigenvalue weighted by Gasteiger charge is -2.34. The molecule has 0 bridgehead atoms. The maximum Gasteiger partial charge on any atom is 0.202 e. The Morgan fingerprint density at radius 2 is 2.24 bits per heavy atom. The van der Waals surface area contributed by atoms with Crippen molar-refractivity contribution in [1.82, 2.24) is 14.3 Å². The minimum Gasteiger partial charge on any atom is -0.357 e. The first-order valence-corrected chi connectivity index (χ1v) is 7.12. The number of nitrogens with one attached hydrogen (secondary N) is 1. The van der Waals surface area contributed by atoms with E-state index in [2.05, 4.69) is 47.4 Å². The molecular weight excluding hydrogens is 232 g/mol. The molecule has 0 aromatic carbocycles. The van der Waals surface area contributed by atoms with Gasteiger partial charge in [0, 0.05) is 30.0 Å². The highest BCUT2D eigenvalue weighted by atomic mass is 32.1. The number of aromatic nitrogens is 2. The zero-order chi connectivity index (χ0) is 12.4. The van der Waals surface area contributed by atoms with Crippen LogP contribution in [-0.4, -0.2) is 40.4 Å². The van der Waals surface area contributed by atoms with E-state index in [-0.39, 0.29) is 0 Å². The summed E-state index contributed by atoms with van der Waals surface area (Å²) in [6, 6.07) is 0.541. The van der Waals surface area contributed by atoms with E-state index in [4.69, 9.17) is 0 Å². The molecule has 1 saturated heterocycles. The van der Waals surface area contributed by atoms with Crippen molar-refractivity contribution in [2.45, 2.75) is 39.2 Å². The number of rotatable bonds is 3. The van der Waals surface area contributed by atoms with Gasteiger partial charge in [0.2, 0.25) is 5.13 Å². The van der Waals surface area contributed by atoms with Crippen molar-refractivity contribution in [3.8, 4) is 0 Å². The Balaban J connectivity index is 1.95. The van der Waals surface area contributed by atoms with Gasteiger partial charge in [0.1, 0.15) is 5.82 Å². The SMILES string of the molecule is CC(C)c1nsc(NC2CCN(C)CC2C)n1. The van der Waals surface area contributed by atoms with Crippen molar-refractivity contribution < 1.29 is 0 Å². The smallest absolute Gasteiger partial charge is 0.202 e. The van der Waals surface area contributed by atoms with Gasteiger partial charge in [0.15, 0.2) is 0 Å². The summed E-state index contributed by atoms with van der Waals surface area (Å²) in [5.41, 5.74) is 0. The molecule has 1 N–H and O–H groups in total. The summed E-state index contributed by atoms with van der Waals surface area (Å²) in [5.74, 6) is 2.04. The molecule has 0 radical (unpaired) electrons. The highest BCUT2D eigenvalue weighted by Gasteiger charge is 2.24. The van der Waals surface area contributed by atoms with Gasteiger partial charge in [-0.3, -0.25) is 0 Å². The van der Waals surface area contributed by atoms with Gasteiger partial charge in [-0.1, -0.05) is 20.8 Å². The molecule has 0 amide bonds. The lowest BCUT2D eigenvalue weighted by atomic mass is 9.94. The molecule has 0 spiro atoms. The first-order chi connectivity index (χ1) is 8.06. The van der Waals surface area contributed by atoms with Gasteiger partial charge in [-0.25, -0.2) is 4.98 Å². The van der Waals surface area contributed by atoms with Crippen molar-refractivity contribution >= 4 is 16.7 Å². The molecule has 1 aromatic rings. The van der Waals surface area contributed by atoms with Crippen LogP contribution in [0.1, 0.15) is 38.9 Å². The van der Waals surface area contributed by atoms with Crippen molar-refractivity contribution in [3.63, 3.8) is 0 Å². The number of hydrogen-bond donors (Lipinski definition) is 1. The number of nitrogens with zero attached hydrogens (tertiary/aromatic N) is 3. The van der Waals surface area contributed by atoms with E-state index >= 15 is 0 Å². The Labute approximate surface area is 108 Å². The van der Waals surface area contributed by atoms with Gasteiger partial charge < -0.3 is 10.2 Å². The normalized spacial score (nSPS) is 26.4. The second-order valence-electron chi connectivity index (χ2n) is 5.39. The Morgan fingerprint density at radius 3 is 2.82 bits per heavy atom. The molecular formula is C12H22N4S. The van der Waals surface area contributed by atoms with Gasteiger partial charge in [0.05, 0.1) is 0 Å². The average Bonchev–Trinajstić information content (AvgIpc) is 2.71. The molecule has 2 rings (SSSR count). The number of piperidine rings is 1. The summed E-state index contributed by atoms with van der Waals surface area (Å²) in [6.45, 7) is 8.89. The van der Waals surface area contributed by atoms with Crippen molar-refractivity contribution in [2.75, 3.05) is 25.5 Å². The van der Waals surface area contributed by atoms with Crippen LogP contribution < -0.4 is 5.32 Å². The first-order valence-electron chi connectivity index (χ1n) is 6.35. The summed E-state index contributed by atoms with van der Waals surface area (Å²) >= 11 is 1.49. The molecule has 1 fully saturated rings. The Hall–Kier alpha value is -0.680. The molecule has 5 heteroatoms. The predicted octanol–water partition coefficient (Wildman–Crippen LogP) is 2.41. The van der Waals surface area contributed by atoms with Gasteiger partial charge in [-0.2, -0.15) is 4.37 Å². The molecule has 1 aromatic heterocycles. The maximum absolute atomic E-state index is 4.54. The summed E-state index contributed by atoms with van der Waals surface area (Å²) in [4.78, 5) is 6.93. The minimum absolute atomic E-state index is 0.414.